The number of amides is 1. The lowest BCUT2D eigenvalue weighted by Gasteiger charge is -2.08. The number of nitrogens with zero attached hydrogens (tertiary/aromatic N) is 2. The minimum absolute atomic E-state index is 0.0219. The van der Waals surface area contributed by atoms with E-state index in [9.17, 15) is 9.59 Å². The normalized spacial score (nSPS) is 11.0. The Balaban J connectivity index is 1.61. The first-order valence-corrected chi connectivity index (χ1v) is 9.33. The first-order chi connectivity index (χ1) is 13.5. The number of fused-ring (bicyclic) bond motifs is 1. The molecular weight excluding hydrogens is 354 g/mol. The number of aromatic nitrogens is 2. The fourth-order valence-electron chi connectivity index (χ4n) is 3.01. The Bertz CT molecular complexity index is 1010. The number of rotatable bonds is 8. The predicted molar refractivity (Wildman–Crippen MR) is 110 cm³/mol. The fraction of sp³-hybridized carbons (Fsp3) is 0.318. The number of ether oxygens (including phenoxy) is 1. The highest BCUT2D eigenvalue weighted by molar-refractivity contribution is 6.00. The van der Waals surface area contributed by atoms with Crippen LogP contribution >= 0.6 is 0 Å². The maximum atomic E-state index is 12.3. The summed E-state index contributed by atoms with van der Waals surface area (Å²) >= 11 is 0. The number of nitrogens with one attached hydrogen (secondary N) is 1. The average molecular weight is 379 g/mol. The monoisotopic (exact) mass is 379 g/mol. The number of benzene rings is 2. The van der Waals surface area contributed by atoms with Crippen molar-refractivity contribution in [2.24, 2.45) is 0 Å². The summed E-state index contributed by atoms with van der Waals surface area (Å²) < 4.78 is 6.95. The largest absolute Gasteiger partial charge is 0.383 e. The van der Waals surface area contributed by atoms with Crippen LogP contribution in [0.5, 0.6) is 0 Å². The van der Waals surface area contributed by atoms with Crippen LogP contribution in [0.15, 0.2) is 42.6 Å². The second kappa shape index (κ2) is 8.80. The third-order valence-corrected chi connectivity index (χ3v) is 4.84. The fourth-order valence-corrected chi connectivity index (χ4v) is 3.01. The molecule has 2 aromatic carbocycles. The van der Waals surface area contributed by atoms with Gasteiger partial charge in [0.25, 0.3) is 0 Å². The topological polar surface area (TPSA) is 73.2 Å². The average Bonchev–Trinajstić information content (AvgIpc) is 3.08. The van der Waals surface area contributed by atoms with Crippen LogP contribution in [0, 0.1) is 13.8 Å². The van der Waals surface area contributed by atoms with Crippen molar-refractivity contribution in [3.63, 3.8) is 0 Å². The number of ketones is 1. The molecule has 1 heterocycles. The quantitative estimate of drug-likeness (QED) is 0.603. The highest BCUT2D eigenvalue weighted by Gasteiger charge is 2.11. The van der Waals surface area contributed by atoms with Crippen molar-refractivity contribution in [2.45, 2.75) is 33.2 Å². The highest BCUT2D eigenvalue weighted by Crippen LogP contribution is 2.20. The molecule has 3 aromatic rings. The van der Waals surface area contributed by atoms with E-state index < -0.39 is 0 Å². The summed E-state index contributed by atoms with van der Waals surface area (Å²) in [7, 11) is 1.65. The summed E-state index contributed by atoms with van der Waals surface area (Å²) in [6.07, 6.45) is 2.12. The lowest BCUT2D eigenvalue weighted by molar-refractivity contribution is -0.116. The van der Waals surface area contributed by atoms with Gasteiger partial charge in [-0.1, -0.05) is 12.1 Å². The zero-order valence-corrected chi connectivity index (χ0v) is 16.5. The minimum atomic E-state index is -0.181. The van der Waals surface area contributed by atoms with E-state index in [0.717, 1.165) is 22.0 Å². The molecule has 1 aromatic heterocycles. The second-order valence-corrected chi connectivity index (χ2v) is 6.90. The van der Waals surface area contributed by atoms with E-state index in [2.05, 4.69) is 10.4 Å². The smallest absolute Gasteiger partial charge is 0.224 e. The minimum Gasteiger partial charge on any atom is -0.383 e. The van der Waals surface area contributed by atoms with E-state index in [1.54, 1.807) is 13.3 Å². The van der Waals surface area contributed by atoms with Crippen molar-refractivity contribution >= 4 is 28.3 Å². The third kappa shape index (κ3) is 4.64. The van der Waals surface area contributed by atoms with E-state index >= 15 is 0 Å². The molecule has 0 spiro atoms. The van der Waals surface area contributed by atoms with Gasteiger partial charge in [0.1, 0.15) is 0 Å². The zero-order chi connectivity index (χ0) is 20.1. The first kappa shape index (κ1) is 19.8. The molecule has 6 heteroatoms. The van der Waals surface area contributed by atoms with Gasteiger partial charge in [-0.25, -0.2) is 0 Å². The maximum absolute atomic E-state index is 12.3. The predicted octanol–water partition coefficient (Wildman–Crippen LogP) is 3.90. The van der Waals surface area contributed by atoms with Crippen molar-refractivity contribution in [1.82, 2.24) is 9.78 Å². The molecular formula is C22H25N3O3. The molecule has 0 saturated heterocycles. The van der Waals surface area contributed by atoms with Crippen LogP contribution in [-0.4, -0.2) is 35.2 Å². The molecule has 0 unspecified atom stereocenters. The van der Waals surface area contributed by atoms with Gasteiger partial charge in [0.05, 0.1) is 24.9 Å². The molecule has 0 aliphatic carbocycles. The number of methoxy groups -OCH3 is 1. The van der Waals surface area contributed by atoms with Crippen molar-refractivity contribution in [2.75, 3.05) is 19.0 Å². The lowest BCUT2D eigenvalue weighted by atomic mass is 10.0. The van der Waals surface area contributed by atoms with Gasteiger partial charge in [0, 0.05) is 36.6 Å². The Labute approximate surface area is 164 Å². The van der Waals surface area contributed by atoms with Gasteiger partial charge >= 0.3 is 0 Å². The van der Waals surface area contributed by atoms with Crippen LogP contribution in [0.25, 0.3) is 10.9 Å². The van der Waals surface area contributed by atoms with E-state index in [1.165, 1.54) is 0 Å². The molecule has 6 nitrogen and oxygen atoms in total. The molecule has 0 aliphatic rings. The summed E-state index contributed by atoms with van der Waals surface area (Å²) in [6.45, 7) is 5.19. The second-order valence-electron chi connectivity index (χ2n) is 6.90. The number of carbonyl (C=O) groups excluding carboxylic acids is 2. The van der Waals surface area contributed by atoms with Crippen LogP contribution in [0.4, 0.5) is 5.69 Å². The third-order valence-electron chi connectivity index (χ3n) is 4.84. The van der Waals surface area contributed by atoms with E-state index in [4.69, 9.17) is 4.74 Å². The van der Waals surface area contributed by atoms with Crippen molar-refractivity contribution in [3.05, 3.63) is 59.3 Å². The van der Waals surface area contributed by atoms with Gasteiger partial charge in [-0.3, -0.25) is 14.3 Å². The van der Waals surface area contributed by atoms with Gasteiger partial charge in [0.2, 0.25) is 5.91 Å². The number of anilines is 1. The van der Waals surface area contributed by atoms with Crippen LogP contribution in [0.3, 0.4) is 0 Å². The molecule has 3 rings (SSSR count). The molecule has 0 saturated carbocycles. The molecule has 0 atom stereocenters. The molecule has 0 bridgehead atoms. The van der Waals surface area contributed by atoms with Gasteiger partial charge in [-0.2, -0.15) is 5.10 Å². The summed E-state index contributed by atoms with van der Waals surface area (Å²) in [5.74, 6) is -0.203. The molecule has 0 radical (unpaired) electrons. The molecule has 1 N–H and O–H groups in total. The van der Waals surface area contributed by atoms with Crippen LogP contribution in [-0.2, 0) is 16.1 Å². The molecule has 28 heavy (non-hydrogen) atoms. The summed E-state index contributed by atoms with van der Waals surface area (Å²) in [6, 6.07) is 11.3. The SMILES string of the molecule is COCCn1ncc2ccc(NC(=O)CCC(=O)c3ccc(C)c(C)c3)cc21. The van der Waals surface area contributed by atoms with Gasteiger partial charge in [-0.05, 0) is 49.2 Å². The number of hydrogen-bond donors (Lipinski definition) is 1. The summed E-state index contributed by atoms with van der Waals surface area (Å²) in [5, 5.41) is 8.21. The van der Waals surface area contributed by atoms with Crippen LogP contribution in [0.2, 0.25) is 0 Å². The number of hydrogen-bond acceptors (Lipinski definition) is 4. The lowest BCUT2D eigenvalue weighted by Crippen LogP contribution is -2.14. The van der Waals surface area contributed by atoms with Crippen molar-refractivity contribution < 1.29 is 14.3 Å². The Hall–Kier alpha value is -2.99. The molecule has 146 valence electrons. The molecule has 0 aliphatic heterocycles. The van der Waals surface area contributed by atoms with Gasteiger partial charge < -0.3 is 10.1 Å². The standard InChI is InChI=1S/C22H25N3O3/c1-15-4-5-17(12-16(15)2)21(26)8-9-22(27)24-19-7-6-18-14-23-25(10-11-28-3)20(18)13-19/h4-7,12-14H,8-11H2,1-3H3,(H,24,27). The van der Waals surface area contributed by atoms with Crippen molar-refractivity contribution in [3.8, 4) is 0 Å². The molecule has 1 amide bonds. The van der Waals surface area contributed by atoms with E-state index in [0.29, 0.717) is 24.4 Å². The van der Waals surface area contributed by atoms with E-state index in [1.807, 2.05) is 54.9 Å². The maximum Gasteiger partial charge on any atom is 0.224 e. The number of carbonyl (C=O) groups is 2. The Kier molecular flexibility index (Phi) is 6.21. The number of aryl methyl sites for hydroxylation is 2. The Morgan fingerprint density at radius 2 is 1.89 bits per heavy atom. The Morgan fingerprint density at radius 1 is 1.07 bits per heavy atom. The van der Waals surface area contributed by atoms with Gasteiger partial charge in [0.15, 0.2) is 5.78 Å². The summed E-state index contributed by atoms with van der Waals surface area (Å²) in [4.78, 5) is 24.6. The zero-order valence-electron chi connectivity index (χ0n) is 16.5. The Morgan fingerprint density at radius 3 is 2.64 bits per heavy atom. The first-order valence-electron chi connectivity index (χ1n) is 9.33. The van der Waals surface area contributed by atoms with Crippen LogP contribution < -0.4 is 5.32 Å². The van der Waals surface area contributed by atoms with Crippen molar-refractivity contribution in [1.29, 1.82) is 0 Å². The summed E-state index contributed by atoms with van der Waals surface area (Å²) in [5.41, 5.74) is 4.50. The highest BCUT2D eigenvalue weighted by atomic mass is 16.5. The van der Waals surface area contributed by atoms with Crippen LogP contribution in [0.1, 0.15) is 34.3 Å². The molecule has 0 fully saturated rings. The van der Waals surface area contributed by atoms with Gasteiger partial charge in [-0.15, -0.1) is 0 Å². The van der Waals surface area contributed by atoms with E-state index in [-0.39, 0.29) is 24.5 Å². The number of Topliss-reactive ketones (excluding diaryl/α,β-unsaturated/α-hetero) is 1.